The van der Waals surface area contributed by atoms with Crippen LogP contribution in [0.25, 0.3) is 0 Å². The van der Waals surface area contributed by atoms with Crippen molar-refractivity contribution < 1.29 is 37.3 Å². The number of esters is 1. The predicted molar refractivity (Wildman–Crippen MR) is 286 cm³/mol. The van der Waals surface area contributed by atoms with E-state index in [-0.39, 0.29) is 37.9 Å². The number of carbonyl (C=O) groups excluding carboxylic acids is 2. The number of hydrogen-bond acceptors (Lipinski definition) is 6. The van der Waals surface area contributed by atoms with Gasteiger partial charge in [0.15, 0.2) is 0 Å². The predicted octanol–water partition coefficient (Wildman–Crippen LogP) is 16.1. The molecule has 3 unspecified atom stereocenters. The topological polar surface area (TPSA) is 111 Å². The summed E-state index contributed by atoms with van der Waals surface area (Å²) in [6, 6.07) is -0.871. The molecule has 3 atom stereocenters. The Hall–Kier alpha value is -2.55. The first kappa shape index (κ1) is 64.5. The van der Waals surface area contributed by atoms with Crippen molar-refractivity contribution in [3.63, 3.8) is 0 Å². The van der Waals surface area contributed by atoms with Gasteiger partial charge in [0.1, 0.15) is 19.3 Å². The smallest absolute Gasteiger partial charge is 0.456 e. The first-order chi connectivity index (χ1) is 32.4. The Morgan fingerprint density at radius 2 is 0.955 bits per heavy atom. The number of carbonyl (C=O) groups is 2. The first-order valence-corrected chi connectivity index (χ1v) is 28.8. The molecular formula is C57H104N2O7P+. The zero-order chi connectivity index (χ0) is 49.4. The van der Waals surface area contributed by atoms with E-state index in [0.717, 1.165) is 89.9 Å². The lowest BCUT2D eigenvalue weighted by molar-refractivity contribution is -0.870. The molecule has 0 aliphatic carbocycles. The van der Waals surface area contributed by atoms with E-state index < -0.39 is 20.0 Å². The van der Waals surface area contributed by atoms with Crippen molar-refractivity contribution in [2.45, 2.75) is 238 Å². The number of hydrogen-bond donors (Lipinski definition) is 2. The van der Waals surface area contributed by atoms with Crippen LogP contribution >= 0.6 is 7.82 Å². The molecule has 2 N–H and O–H groups in total. The maximum Gasteiger partial charge on any atom is 0.472 e. The normalized spacial score (nSPS) is 14.4. The van der Waals surface area contributed by atoms with Crippen LogP contribution in [0.5, 0.6) is 0 Å². The van der Waals surface area contributed by atoms with Gasteiger partial charge in [-0.15, -0.1) is 0 Å². The number of phosphoric acid groups is 1. The molecule has 0 spiro atoms. The highest BCUT2D eigenvalue weighted by molar-refractivity contribution is 7.47. The highest BCUT2D eigenvalue weighted by Gasteiger charge is 2.30. The van der Waals surface area contributed by atoms with Gasteiger partial charge in [0.25, 0.3) is 0 Å². The molecule has 0 saturated heterocycles. The molecule has 0 aliphatic heterocycles. The summed E-state index contributed by atoms with van der Waals surface area (Å²) < 4.78 is 30.5. The third-order valence-corrected chi connectivity index (χ3v) is 12.6. The maximum atomic E-state index is 13.5. The number of likely N-dealkylation sites (N-methyl/N-ethyl adjacent to an activating group) is 1. The highest BCUT2D eigenvalue weighted by atomic mass is 31.2. The molecule has 0 bridgehead atoms. The summed E-state index contributed by atoms with van der Waals surface area (Å²) >= 11 is 0. The molecular weight excluding hydrogens is 856 g/mol. The van der Waals surface area contributed by atoms with Crippen molar-refractivity contribution in [3.8, 4) is 0 Å². The Bertz CT molecular complexity index is 1380. The molecule has 0 aliphatic rings. The number of nitrogens with one attached hydrogen (secondary N) is 1. The number of ether oxygens (including phenoxy) is 1. The van der Waals surface area contributed by atoms with Crippen LogP contribution in [0.2, 0.25) is 0 Å². The summed E-state index contributed by atoms with van der Waals surface area (Å²) in [5.74, 6) is -0.564. The molecule has 10 heteroatoms. The van der Waals surface area contributed by atoms with Gasteiger partial charge in [-0.25, -0.2) is 4.57 Å². The molecule has 0 aromatic carbocycles. The van der Waals surface area contributed by atoms with Crippen molar-refractivity contribution in [2.75, 3.05) is 40.9 Å². The third-order valence-electron chi connectivity index (χ3n) is 11.6. The van der Waals surface area contributed by atoms with Crippen molar-refractivity contribution in [1.29, 1.82) is 0 Å². The SMILES string of the molecule is CC/C=C/C/C=C/C/C=C/C/C=C/CCCCCC(=O)NC(COP(=O)(O)OCC[N+](C)(C)C)C(/C=C/CCCCCCCCCCCC)OC(=O)CCCCC/C=C\CCCCCCCC. The van der Waals surface area contributed by atoms with Crippen molar-refractivity contribution in [1.82, 2.24) is 5.32 Å². The summed E-state index contributed by atoms with van der Waals surface area (Å²) in [5.41, 5.74) is 0. The molecule has 0 saturated carbocycles. The molecule has 67 heavy (non-hydrogen) atoms. The standard InChI is InChI=1S/C57H103N2O7P/c1-7-10-13-16-19-22-25-28-29-30-32-34-37-40-43-46-49-56(60)58-54(53-65-67(62,63)64-52-51-59(4,5)6)55(48-45-42-39-36-33-27-24-21-18-15-12-9-3)66-57(61)50-47-44-41-38-35-31-26-23-20-17-14-11-8-2/h10,13,19,22,28-29,31-32,34-35,45,48,54-55H,7-9,11-12,14-18,20-21,23-27,30,33,36-44,46-47,49-53H2,1-6H3,(H-,58,60,62,63)/p+1/b13-10+,22-19+,29-28+,34-32+,35-31-,48-45+. The van der Waals surface area contributed by atoms with Gasteiger partial charge in [0.05, 0.1) is 33.8 Å². The van der Waals surface area contributed by atoms with E-state index in [0.29, 0.717) is 23.9 Å². The Labute approximate surface area is 413 Å². The molecule has 0 rings (SSSR count). The number of quaternary nitrogens is 1. The largest absolute Gasteiger partial charge is 0.472 e. The Balaban J connectivity index is 5.48. The van der Waals surface area contributed by atoms with E-state index in [9.17, 15) is 19.0 Å². The van der Waals surface area contributed by atoms with Gasteiger partial charge < -0.3 is 19.4 Å². The van der Waals surface area contributed by atoms with Gasteiger partial charge in [-0.2, -0.15) is 0 Å². The van der Waals surface area contributed by atoms with E-state index in [1.165, 1.54) is 89.9 Å². The van der Waals surface area contributed by atoms with Gasteiger partial charge in [0.2, 0.25) is 5.91 Å². The molecule has 0 aromatic rings. The van der Waals surface area contributed by atoms with Gasteiger partial charge in [-0.1, -0.05) is 190 Å². The molecule has 9 nitrogen and oxygen atoms in total. The minimum atomic E-state index is -4.45. The van der Waals surface area contributed by atoms with E-state index >= 15 is 0 Å². The number of amides is 1. The van der Waals surface area contributed by atoms with Crippen LogP contribution in [0.4, 0.5) is 0 Å². The van der Waals surface area contributed by atoms with Crippen LogP contribution in [0, 0.1) is 0 Å². The molecule has 0 aromatic heterocycles. The van der Waals surface area contributed by atoms with Gasteiger partial charge >= 0.3 is 13.8 Å². The Morgan fingerprint density at radius 3 is 1.45 bits per heavy atom. The number of unbranched alkanes of at least 4 members (excludes halogenated alkanes) is 22. The average Bonchev–Trinajstić information content (AvgIpc) is 3.28. The summed E-state index contributed by atoms with van der Waals surface area (Å²) in [4.78, 5) is 37.5. The van der Waals surface area contributed by atoms with Crippen molar-refractivity contribution in [2.24, 2.45) is 0 Å². The van der Waals surface area contributed by atoms with E-state index in [1.54, 1.807) is 0 Å². The average molecular weight is 960 g/mol. The fourth-order valence-electron chi connectivity index (χ4n) is 7.39. The second kappa shape index (κ2) is 47.1. The molecule has 0 heterocycles. The number of phosphoric ester groups is 1. The monoisotopic (exact) mass is 960 g/mol. The van der Waals surface area contributed by atoms with E-state index in [2.05, 4.69) is 86.8 Å². The highest BCUT2D eigenvalue weighted by Crippen LogP contribution is 2.43. The van der Waals surface area contributed by atoms with Crippen molar-refractivity contribution in [3.05, 3.63) is 72.9 Å². The summed E-state index contributed by atoms with van der Waals surface area (Å²) in [6.07, 6.45) is 59.0. The molecule has 0 radical (unpaired) electrons. The van der Waals surface area contributed by atoms with Crippen LogP contribution in [0.15, 0.2) is 72.9 Å². The van der Waals surface area contributed by atoms with Gasteiger partial charge in [-0.05, 0) is 96.0 Å². The molecule has 0 fully saturated rings. The van der Waals surface area contributed by atoms with Crippen molar-refractivity contribution >= 4 is 19.7 Å². The second-order valence-electron chi connectivity index (χ2n) is 19.4. The quantitative estimate of drug-likeness (QED) is 0.0205. The lowest BCUT2D eigenvalue weighted by Gasteiger charge is -2.27. The molecule has 388 valence electrons. The summed E-state index contributed by atoms with van der Waals surface area (Å²) in [6.45, 7) is 6.83. The number of rotatable bonds is 48. The van der Waals surface area contributed by atoms with E-state index in [4.69, 9.17) is 13.8 Å². The zero-order valence-electron chi connectivity index (χ0n) is 44.1. The Morgan fingerprint density at radius 1 is 0.537 bits per heavy atom. The maximum absolute atomic E-state index is 13.5. The van der Waals surface area contributed by atoms with Gasteiger partial charge in [-0.3, -0.25) is 18.6 Å². The second-order valence-corrected chi connectivity index (χ2v) is 20.8. The lowest BCUT2D eigenvalue weighted by atomic mass is 10.1. The third kappa shape index (κ3) is 48.3. The number of allylic oxidation sites excluding steroid dienone is 11. The first-order valence-electron chi connectivity index (χ1n) is 27.3. The van der Waals surface area contributed by atoms with Crippen LogP contribution in [-0.2, 0) is 27.9 Å². The summed E-state index contributed by atoms with van der Waals surface area (Å²) in [7, 11) is 1.46. The van der Waals surface area contributed by atoms with E-state index in [1.807, 2.05) is 33.3 Å². The number of nitrogens with zero attached hydrogens (tertiary/aromatic N) is 1. The fraction of sp³-hybridized carbons (Fsp3) is 0.754. The zero-order valence-corrected chi connectivity index (χ0v) is 45.0. The fourth-order valence-corrected chi connectivity index (χ4v) is 8.13. The van der Waals surface area contributed by atoms with Crippen LogP contribution < -0.4 is 5.32 Å². The molecule has 1 amide bonds. The lowest BCUT2D eigenvalue weighted by Crippen LogP contribution is -2.47. The van der Waals surface area contributed by atoms with Gasteiger partial charge in [0, 0.05) is 12.8 Å². The van der Waals surface area contributed by atoms with Crippen LogP contribution in [-0.4, -0.2) is 74.3 Å². The minimum Gasteiger partial charge on any atom is -0.456 e. The summed E-state index contributed by atoms with van der Waals surface area (Å²) in [5, 5.41) is 3.02. The van der Waals surface area contributed by atoms with Crippen LogP contribution in [0.1, 0.15) is 226 Å². The Kier molecular flexibility index (Phi) is 45.3. The minimum absolute atomic E-state index is 0.0291. The van der Waals surface area contributed by atoms with Crippen LogP contribution in [0.3, 0.4) is 0 Å².